The van der Waals surface area contributed by atoms with E-state index < -0.39 is 9.84 Å². The molecule has 6 heteroatoms. The van der Waals surface area contributed by atoms with Gasteiger partial charge in [-0.05, 0) is 32.4 Å². The molecule has 0 aliphatic carbocycles. The smallest absolute Gasteiger partial charge is 0.236 e. The monoisotopic (exact) mass is 327 g/mol. The van der Waals surface area contributed by atoms with Crippen LogP contribution in [0.5, 0.6) is 0 Å². The molecule has 0 radical (unpaired) electrons. The summed E-state index contributed by atoms with van der Waals surface area (Å²) in [6, 6.07) is 9.63. The van der Waals surface area contributed by atoms with Gasteiger partial charge in [0.1, 0.15) is 0 Å². The molecule has 1 fully saturated rings. The first-order valence-corrected chi connectivity index (χ1v) is 9.85. The van der Waals surface area contributed by atoms with Crippen molar-refractivity contribution < 1.29 is 13.2 Å². The van der Waals surface area contributed by atoms with Gasteiger partial charge >= 0.3 is 0 Å². The second kappa shape index (κ2) is 6.83. The molecular formula is C15H21NO3S2. The highest BCUT2D eigenvalue weighted by molar-refractivity contribution is 8.00. The van der Waals surface area contributed by atoms with Crippen LogP contribution < -0.4 is 0 Å². The Morgan fingerprint density at radius 2 is 2.05 bits per heavy atom. The van der Waals surface area contributed by atoms with Gasteiger partial charge in [0, 0.05) is 17.5 Å². The number of rotatable bonds is 5. The van der Waals surface area contributed by atoms with Crippen LogP contribution in [0.25, 0.3) is 0 Å². The van der Waals surface area contributed by atoms with E-state index in [1.54, 1.807) is 4.90 Å². The van der Waals surface area contributed by atoms with E-state index in [-0.39, 0.29) is 28.7 Å². The summed E-state index contributed by atoms with van der Waals surface area (Å²) in [5.74, 6) is 0.324. The minimum atomic E-state index is -2.97. The Labute approximate surface area is 130 Å². The van der Waals surface area contributed by atoms with Crippen molar-refractivity contribution in [1.82, 2.24) is 4.90 Å². The third-order valence-electron chi connectivity index (χ3n) is 3.68. The maximum atomic E-state index is 12.6. The zero-order valence-electron chi connectivity index (χ0n) is 12.4. The number of hydrogen-bond donors (Lipinski definition) is 0. The zero-order chi connectivity index (χ0) is 15.5. The van der Waals surface area contributed by atoms with Gasteiger partial charge < -0.3 is 4.90 Å². The lowest BCUT2D eigenvalue weighted by Crippen LogP contribution is -2.44. The van der Waals surface area contributed by atoms with Crippen LogP contribution in [0.15, 0.2) is 35.2 Å². The number of thioether (sulfide) groups is 1. The van der Waals surface area contributed by atoms with Gasteiger partial charge in [-0.2, -0.15) is 0 Å². The molecule has 0 saturated carbocycles. The summed E-state index contributed by atoms with van der Waals surface area (Å²) >= 11 is 1.51. The second-order valence-electron chi connectivity index (χ2n) is 5.25. The Kier molecular flexibility index (Phi) is 5.32. The van der Waals surface area contributed by atoms with Gasteiger partial charge in [0.15, 0.2) is 9.84 Å². The third kappa shape index (κ3) is 4.23. The number of nitrogens with zero attached hydrogens (tertiary/aromatic N) is 1. The number of amides is 1. The minimum Gasteiger partial charge on any atom is -0.338 e. The van der Waals surface area contributed by atoms with Crippen molar-refractivity contribution in [3.05, 3.63) is 30.3 Å². The van der Waals surface area contributed by atoms with E-state index in [1.807, 2.05) is 44.2 Å². The van der Waals surface area contributed by atoms with Crippen LogP contribution in [0, 0.1) is 0 Å². The standard InChI is InChI=1S/C15H21NO3S2/c1-3-16(13-9-10-21(18,19)11-13)15(17)12(2)20-14-7-5-4-6-8-14/h4-8,12-13H,3,9-11H2,1-2H3. The lowest BCUT2D eigenvalue weighted by Gasteiger charge is -2.29. The summed E-state index contributed by atoms with van der Waals surface area (Å²) in [6.07, 6.45) is 0.560. The molecule has 1 heterocycles. The van der Waals surface area contributed by atoms with Crippen LogP contribution in [0.2, 0.25) is 0 Å². The Balaban J connectivity index is 2.03. The number of carbonyl (C=O) groups is 1. The lowest BCUT2D eigenvalue weighted by molar-refractivity contribution is -0.131. The highest BCUT2D eigenvalue weighted by Gasteiger charge is 2.35. The minimum absolute atomic E-state index is 0.0217. The summed E-state index contributed by atoms with van der Waals surface area (Å²) in [4.78, 5) is 15.4. The Hall–Kier alpha value is -1.01. The molecule has 1 aromatic carbocycles. The Bertz CT molecular complexity index is 586. The molecule has 2 unspecified atom stereocenters. The fourth-order valence-electron chi connectivity index (χ4n) is 2.60. The molecule has 1 aliphatic heterocycles. The van der Waals surface area contributed by atoms with Crippen LogP contribution in [-0.4, -0.2) is 48.6 Å². The van der Waals surface area contributed by atoms with Gasteiger partial charge in [-0.3, -0.25) is 4.79 Å². The SMILES string of the molecule is CCN(C(=O)C(C)Sc1ccccc1)C1CCS(=O)(=O)C1. The Morgan fingerprint density at radius 1 is 1.38 bits per heavy atom. The van der Waals surface area contributed by atoms with Gasteiger partial charge in [-0.25, -0.2) is 8.42 Å². The van der Waals surface area contributed by atoms with E-state index in [2.05, 4.69) is 0 Å². The summed E-state index contributed by atoms with van der Waals surface area (Å²) in [5.41, 5.74) is 0. The maximum absolute atomic E-state index is 12.6. The molecule has 1 saturated heterocycles. The first-order chi connectivity index (χ1) is 9.93. The summed E-state index contributed by atoms with van der Waals surface area (Å²) in [5, 5.41) is -0.212. The van der Waals surface area contributed by atoms with E-state index in [0.717, 1.165) is 4.90 Å². The quantitative estimate of drug-likeness (QED) is 0.778. The second-order valence-corrected chi connectivity index (χ2v) is 8.90. The van der Waals surface area contributed by atoms with Crippen molar-refractivity contribution in [1.29, 1.82) is 0 Å². The number of hydrogen-bond acceptors (Lipinski definition) is 4. The molecule has 21 heavy (non-hydrogen) atoms. The average molecular weight is 327 g/mol. The van der Waals surface area contributed by atoms with Crippen molar-refractivity contribution in [3.8, 4) is 0 Å². The molecule has 4 nitrogen and oxygen atoms in total. The van der Waals surface area contributed by atoms with Crippen molar-refractivity contribution in [2.75, 3.05) is 18.1 Å². The van der Waals surface area contributed by atoms with Gasteiger partial charge in [-0.15, -0.1) is 11.8 Å². The molecule has 2 rings (SSSR count). The predicted molar refractivity (Wildman–Crippen MR) is 86.2 cm³/mol. The number of sulfone groups is 1. The largest absolute Gasteiger partial charge is 0.338 e. The van der Waals surface area contributed by atoms with Crippen LogP contribution in [0.1, 0.15) is 20.3 Å². The number of benzene rings is 1. The van der Waals surface area contributed by atoms with E-state index in [0.29, 0.717) is 13.0 Å². The Morgan fingerprint density at radius 3 is 2.57 bits per heavy atom. The zero-order valence-corrected chi connectivity index (χ0v) is 14.0. The predicted octanol–water partition coefficient (Wildman–Crippen LogP) is 2.20. The fourth-order valence-corrected chi connectivity index (χ4v) is 5.29. The number of carbonyl (C=O) groups excluding carboxylic acids is 1. The van der Waals surface area contributed by atoms with Crippen LogP contribution >= 0.6 is 11.8 Å². The highest BCUT2D eigenvalue weighted by atomic mass is 32.2. The van der Waals surface area contributed by atoms with Crippen molar-refractivity contribution >= 4 is 27.5 Å². The maximum Gasteiger partial charge on any atom is 0.236 e. The van der Waals surface area contributed by atoms with Crippen molar-refractivity contribution in [2.24, 2.45) is 0 Å². The molecule has 1 aliphatic rings. The van der Waals surface area contributed by atoms with Gasteiger partial charge in [0.2, 0.25) is 5.91 Å². The molecule has 0 bridgehead atoms. The van der Waals surface area contributed by atoms with Crippen LogP contribution in [-0.2, 0) is 14.6 Å². The normalized spacial score (nSPS) is 21.9. The molecule has 1 amide bonds. The molecular weight excluding hydrogens is 306 g/mol. The van der Waals surface area contributed by atoms with E-state index in [4.69, 9.17) is 0 Å². The van der Waals surface area contributed by atoms with Gasteiger partial charge in [0.25, 0.3) is 0 Å². The summed E-state index contributed by atoms with van der Waals surface area (Å²) < 4.78 is 23.2. The van der Waals surface area contributed by atoms with E-state index in [1.165, 1.54) is 11.8 Å². The van der Waals surface area contributed by atoms with Gasteiger partial charge in [-0.1, -0.05) is 18.2 Å². The molecule has 0 aromatic heterocycles. The topological polar surface area (TPSA) is 54.5 Å². The summed E-state index contributed by atoms with van der Waals surface area (Å²) in [6.45, 7) is 4.34. The first kappa shape index (κ1) is 16.4. The average Bonchev–Trinajstić information content (AvgIpc) is 2.80. The molecule has 0 spiro atoms. The summed E-state index contributed by atoms with van der Waals surface area (Å²) in [7, 11) is -2.97. The van der Waals surface area contributed by atoms with E-state index >= 15 is 0 Å². The lowest BCUT2D eigenvalue weighted by atomic mass is 10.2. The molecule has 1 aromatic rings. The fraction of sp³-hybridized carbons (Fsp3) is 0.533. The third-order valence-corrected chi connectivity index (χ3v) is 6.53. The van der Waals surface area contributed by atoms with Crippen molar-refractivity contribution in [2.45, 2.75) is 36.5 Å². The van der Waals surface area contributed by atoms with E-state index in [9.17, 15) is 13.2 Å². The van der Waals surface area contributed by atoms with Crippen LogP contribution in [0.3, 0.4) is 0 Å². The molecule has 2 atom stereocenters. The van der Waals surface area contributed by atoms with Crippen LogP contribution in [0.4, 0.5) is 0 Å². The highest BCUT2D eigenvalue weighted by Crippen LogP contribution is 2.26. The molecule has 0 N–H and O–H groups in total. The van der Waals surface area contributed by atoms with Crippen molar-refractivity contribution in [3.63, 3.8) is 0 Å². The van der Waals surface area contributed by atoms with Gasteiger partial charge in [0.05, 0.1) is 16.8 Å². The molecule has 116 valence electrons. The first-order valence-electron chi connectivity index (χ1n) is 7.15.